The van der Waals surface area contributed by atoms with Gasteiger partial charge in [0.2, 0.25) is 0 Å². The molecule has 0 fully saturated rings. The lowest BCUT2D eigenvalue weighted by Gasteiger charge is -2.21. The van der Waals surface area contributed by atoms with Crippen molar-refractivity contribution in [2.75, 3.05) is 23.8 Å². The van der Waals surface area contributed by atoms with Gasteiger partial charge in [-0.3, -0.25) is 0 Å². The molecule has 2 aromatic rings. The maximum atomic E-state index is 5.87. The Bertz CT molecular complexity index is 558. The molecule has 92 valence electrons. The van der Waals surface area contributed by atoms with Gasteiger partial charge in [-0.15, -0.1) is 0 Å². The van der Waals surface area contributed by atoms with Crippen molar-refractivity contribution in [3.8, 4) is 5.75 Å². The second-order valence-electron chi connectivity index (χ2n) is 4.14. The maximum Gasteiger partial charge on any atom is 0.171 e. The van der Waals surface area contributed by atoms with Crippen LogP contribution >= 0.6 is 0 Å². The molecule has 0 bridgehead atoms. The highest BCUT2D eigenvalue weighted by Gasteiger charge is 2.18. The molecule has 2 N–H and O–H groups in total. The lowest BCUT2D eigenvalue weighted by molar-refractivity contribution is 0.331. The number of hydrogen-bond acceptors (Lipinski definition) is 5. The van der Waals surface area contributed by atoms with Crippen molar-refractivity contribution in [2.24, 2.45) is 0 Å². The lowest BCUT2D eigenvalue weighted by Crippen LogP contribution is -2.27. The Morgan fingerprint density at radius 1 is 1.17 bits per heavy atom. The van der Waals surface area contributed by atoms with Crippen LogP contribution < -0.4 is 15.4 Å². The molecule has 0 saturated heterocycles. The van der Waals surface area contributed by atoms with Crippen LogP contribution in [0.1, 0.15) is 5.56 Å². The van der Waals surface area contributed by atoms with Gasteiger partial charge in [0.05, 0.1) is 6.54 Å². The van der Waals surface area contributed by atoms with E-state index in [1.54, 1.807) is 12.4 Å². The number of anilines is 2. The van der Waals surface area contributed by atoms with Gasteiger partial charge < -0.3 is 15.4 Å². The first kappa shape index (κ1) is 10.8. The highest BCUT2D eigenvalue weighted by atomic mass is 16.5. The number of aromatic nitrogens is 2. The molecule has 0 saturated carbocycles. The van der Waals surface area contributed by atoms with Gasteiger partial charge in [-0.2, -0.15) is 0 Å². The van der Waals surface area contributed by atoms with E-state index in [0.29, 0.717) is 12.4 Å². The fourth-order valence-electron chi connectivity index (χ4n) is 2.09. The third kappa shape index (κ3) is 1.95. The number of ether oxygens (including phenoxy) is 1. The molecule has 0 atom stereocenters. The van der Waals surface area contributed by atoms with Gasteiger partial charge >= 0.3 is 0 Å². The zero-order chi connectivity index (χ0) is 12.4. The summed E-state index contributed by atoms with van der Waals surface area (Å²) in [6.45, 7) is 2.10. The van der Waals surface area contributed by atoms with Crippen molar-refractivity contribution >= 4 is 11.6 Å². The first-order valence-electron chi connectivity index (χ1n) is 5.87. The number of fused-ring (bicyclic) bond motifs is 1. The molecule has 1 aliphatic heterocycles. The number of nitrogens with zero attached hydrogens (tertiary/aromatic N) is 3. The molecule has 3 rings (SSSR count). The van der Waals surface area contributed by atoms with E-state index < -0.39 is 0 Å². The Labute approximate surface area is 105 Å². The third-order valence-electron chi connectivity index (χ3n) is 2.96. The Balaban J connectivity index is 1.94. The summed E-state index contributed by atoms with van der Waals surface area (Å²) in [6, 6.07) is 8.02. The van der Waals surface area contributed by atoms with E-state index in [1.807, 2.05) is 18.2 Å². The fourth-order valence-corrected chi connectivity index (χ4v) is 2.09. The SMILES string of the molecule is Nc1nccnc1N1CCOc2ccccc2C1. The van der Waals surface area contributed by atoms with Crippen molar-refractivity contribution in [1.29, 1.82) is 0 Å². The summed E-state index contributed by atoms with van der Waals surface area (Å²) in [5, 5.41) is 0. The minimum absolute atomic E-state index is 0.455. The Morgan fingerprint density at radius 2 is 2.00 bits per heavy atom. The van der Waals surface area contributed by atoms with E-state index in [9.17, 15) is 0 Å². The van der Waals surface area contributed by atoms with E-state index in [1.165, 1.54) is 0 Å². The van der Waals surface area contributed by atoms with Crippen molar-refractivity contribution in [1.82, 2.24) is 9.97 Å². The van der Waals surface area contributed by atoms with Crippen molar-refractivity contribution < 1.29 is 4.74 Å². The monoisotopic (exact) mass is 242 g/mol. The molecule has 1 aromatic heterocycles. The minimum Gasteiger partial charge on any atom is -0.491 e. The van der Waals surface area contributed by atoms with Crippen LogP contribution in [0.25, 0.3) is 0 Å². The van der Waals surface area contributed by atoms with Gasteiger partial charge in [-0.25, -0.2) is 9.97 Å². The van der Waals surface area contributed by atoms with E-state index in [0.717, 1.165) is 30.2 Å². The van der Waals surface area contributed by atoms with Crippen LogP contribution in [-0.4, -0.2) is 23.1 Å². The molecule has 1 aromatic carbocycles. The fraction of sp³-hybridized carbons (Fsp3) is 0.231. The predicted octanol–water partition coefficient (Wildman–Crippen LogP) is 1.46. The number of para-hydroxylation sites is 1. The average Bonchev–Trinajstić information content (AvgIpc) is 2.61. The van der Waals surface area contributed by atoms with Crippen molar-refractivity contribution in [3.05, 3.63) is 42.2 Å². The second-order valence-corrected chi connectivity index (χ2v) is 4.14. The topological polar surface area (TPSA) is 64.3 Å². The first-order chi connectivity index (χ1) is 8.84. The molecule has 0 aliphatic carbocycles. The number of rotatable bonds is 1. The average molecular weight is 242 g/mol. The quantitative estimate of drug-likeness (QED) is 0.820. The van der Waals surface area contributed by atoms with E-state index in [4.69, 9.17) is 10.5 Å². The van der Waals surface area contributed by atoms with Gasteiger partial charge in [0.25, 0.3) is 0 Å². The van der Waals surface area contributed by atoms with Gasteiger partial charge in [0.15, 0.2) is 11.6 Å². The summed E-state index contributed by atoms with van der Waals surface area (Å²) in [4.78, 5) is 10.5. The zero-order valence-electron chi connectivity index (χ0n) is 9.91. The van der Waals surface area contributed by atoms with Gasteiger partial charge in [0, 0.05) is 24.5 Å². The summed E-state index contributed by atoms with van der Waals surface area (Å²) in [5.41, 5.74) is 7.01. The van der Waals surface area contributed by atoms with Crippen LogP contribution in [0, 0.1) is 0 Å². The van der Waals surface area contributed by atoms with Gasteiger partial charge in [-0.05, 0) is 6.07 Å². The summed E-state index contributed by atoms with van der Waals surface area (Å²) in [6.07, 6.45) is 3.25. The number of nitrogen functional groups attached to an aromatic ring is 1. The molecule has 0 spiro atoms. The predicted molar refractivity (Wildman–Crippen MR) is 69.4 cm³/mol. The van der Waals surface area contributed by atoms with Crippen LogP contribution in [0.5, 0.6) is 5.75 Å². The summed E-state index contributed by atoms with van der Waals surface area (Å²) in [7, 11) is 0. The molecule has 5 heteroatoms. The Morgan fingerprint density at radius 3 is 2.89 bits per heavy atom. The summed E-state index contributed by atoms with van der Waals surface area (Å²) >= 11 is 0. The van der Waals surface area contributed by atoms with Crippen LogP contribution in [-0.2, 0) is 6.54 Å². The van der Waals surface area contributed by atoms with Crippen LogP contribution in [0.4, 0.5) is 11.6 Å². The highest BCUT2D eigenvalue weighted by Crippen LogP contribution is 2.26. The van der Waals surface area contributed by atoms with Crippen LogP contribution in [0.15, 0.2) is 36.7 Å². The number of benzene rings is 1. The van der Waals surface area contributed by atoms with E-state index in [2.05, 4.69) is 20.9 Å². The van der Waals surface area contributed by atoms with Crippen LogP contribution in [0.3, 0.4) is 0 Å². The van der Waals surface area contributed by atoms with E-state index in [-0.39, 0.29) is 0 Å². The first-order valence-corrected chi connectivity index (χ1v) is 5.87. The summed E-state index contributed by atoms with van der Waals surface area (Å²) in [5.74, 6) is 2.11. The second kappa shape index (κ2) is 4.52. The largest absolute Gasteiger partial charge is 0.491 e. The van der Waals surface area contributed by atoms with Crippen molar-refractivity contribution in [3.63, 3.8) is 0 Å². The van der Waals surface area contributed by atoms with Gasteiger partial charge in [-0.1, -0.05) is 18.2 Å². The molecule has 18 heavy (non-hydrogen) atoms. The Hall–Kier alpha value is -2.30. The molecule has 0 radical (unpaired) electrons. The van der Waals surface area contributed by atoms with E-state index >= 15 is 0 Å². The zero-order valence-corrected chi connectivity index (χ0v) is 9.91. The molecule has 0 amide bonds. The molecule has 0 unspecified atom stereocenters. The summed E-state index contributed by atoms with van der Waals surface area (Å²) < 4.78 is 5.71. The van der Waals surface area contributed by atoms with Crippen LogP contribution in [0.2, 0.25) is 0 Å². The third-order valence-corrected chi connectivity index (χ3v) is 2.96. The van der Waals surface area contributed by atoms with Gasteiger partial charge in [0.1, 0.15) is 12.4 Å². The Kier molecular flexibility index (Phi) is 2.72. The molecule has 2 heterocycles. The maximum absolute atomic E-state index is 5.87. The number of nitrogens with two attached hydrogens (primary N) is 1. The normalized spacial score (nSPS) is 14.6. The molecular weight excluding hydrogens is 228 g/mol. The molecular formula is C13H14N4O. The smallest absolute Gasteiger partial charge is 0.171 e. The molecule has 5 nitrogen and oxygen atoms in total. The molecule has 1 aliphatic rings. The van der Waals surface area contributed by atoms with Crippen molar-refractivity contribution in [2.45, 2.75) is 6.54 Å². The number of hydrogen-bond donors (Lipinski definition) is 1. The highest BCUT2D eigenvalue weighted by molar-refractivity contribution is 5.58. The standard InChI is InChI=1S/C13H14N4O/c14-12-13(16-6-5-15-12)17-7-8-18-11-4-2-1-3-10(11)9-17/h1-6H,7-9H2,(H2,14,15). The lowest BCUT2D eigenvalue weighted by atomic mass is 10.2. The minimum atomic E-state index is 0.455.